The molecule has 0 radical (unpaired) electrons. The number of β-amino-alcohol motifs (C(OH)–C–C–N with tert-alkyl or cyclic N) is 1. The minimum atomic E-state index is -1.41. The van der Waals surface area contributed by atoms with Crippen LogP contribution in [-0.2, 0) is 6.54 Å². The second-order valence-electron chi connectivity index (χ2n) is 4.30. The standard InChI is InChI=1S/C11H16BNO3/c14-11-4-5-13(8-11)7-9-2-1-3-10(6-9)12(15)16/h1-3,6,11,14-16H,4-5,7-8H2. The van der Waals surface area contributed by atoms with E-state index in [-0.39, 0.29) is 6.10 Å². The number of benzene rings is 1. The molecule has 0 aromatic heterocycles. The van der Waals surface area contributed by atoms with Gasteiger partial charge in [-0.2, -0.15) is 0 Å². The van der Waals surface area contributed by atoms with E-state index in [1.165, 1.54) is 0 Å². The smallest absolute Gasteiger partial charge is 0.423 e. The Bertz CT molecular complexity index is 359. The molecule has 2 rings (SSSR count). The van der Waals surface area contributed by atoms with Crippen molar-refractivity contribution in [3.63, 3.8) is 0 Å². The third-order valence-corrected chi connectivity index (χ3v) is 2.90. The fourth-order valence-electron chi connectivity index (χ4n) is 2.07. The van der Waals surface area contributed by atoms with Gasteiger partial charge >= 0.3 is 7.12 Å². The lowest BCUT2D eigenvalue weighted by Gasteiger charge is -2.15. The van der Waals surface area contributed by atoms with Crippen molar-refractivity contribution >= 4 is 12.6 Å². The van der Waals surface area contributed by atoms with Crippen molar-refractivity contribution in [2.24, 2.45) is 0 Å². The summed E-state index contributed by atoms with van der Waals surface area (Å²) < 4.78 is 0. The van der Waals surface area contributed by atoms with Gasteiger partial charge in [-0.25, -0.2) is 0 Å². The molecule has 1 unspecified atom stereocenters. The van der Waals surface area contributed by atoms with Gasteiger partial charge in [-0.1, -0.05) is 24.3 Å². The third-order valence-electron chi connectivity index (χ3n) is 2.90. The normalized spacial score (nSPS) is 21.3. The summed E-state index contributed by atoms with van der Waals surface area (Å²) in [7, 11) is -1.41. The molecule has 0 amide bonds. The summed E-state index contributed by atoms with van der Waals surface area (Å²) in [5, 5.41) is 27.5. The van der Waals surface area contributed by atoms with E-state index in [1.807, 2.05) is 12.1 Å². The predicted octanol–water partition coefficient (Wildman–Crippen LogP) is -1.07. The first-order chi connectivity index (χ1) is 7.65. The van der Waals surface area contributed by atoms with Crippen LogP contribution >= 0.6 is 0 Å². The van der Waals surface area contributed by atoms with Crippen LogP contribution in [0.25, 0.3) is 0 Å². The summed E-state index contributed by atoms with van der Waals surface area (Å²) in [6.07, 6.45) is 0.606. The molecule has 1 saturated heterocycles. The second-order valence-corrected chi connectivity index (χ2v) is 4.30. The van der Waals surface area contributed by atoms with Crippen LogP contribution < -0.4 is 5.46 Å². The highest BCUT2D eigenvalue weighted by atomic mass is 16.4. The van der Waals surface area contributed by atoms with Crippen LogP contribution in [0.2, 0.25) is 0 Å². The van der Waals surface area contributed by atoms with Crippen LogP contribution in [0, 0.1) is 0 Å². The third kappa shape index (κ3) is 2.83. The van der Waals surface area contributed by atoms with E-state index in [4.69, 9.17) is 10.0 Å². The van der Waals surface area contributed by atoms with Crippen LogP contribution in [0.15, 0.2) is 24.3 Å². The van der Waals surface area contributed by atoms with Gasteiger partial charge in [0.2, 0.25) is 0 Å². The predicted molar refractivity (Wildman–Crippen MR) is 62.2 cm³/mol. The largest absolute Gasteiger partial charge is 0.488 e. The SMILES string of the molecule is OB(O)c1cccc(CN2CCC(O)C2)c1. The molecule has 1 aliphatic rings. The minimum absolute atomic E-state index is 0.216. The Morgan fingerprint density at radius 1 is 1.38 bits per heavy atom. The number of likely N-dealkylation sites (tertiary alicyclic amines) is 1. The second kappa shape index (κ2) is 4.97. The molecule has 1 aliphatic heterocycles. The average molecular weight is 221 g/mol. The van der Waals surface area contributed by atoms with E-state index in [0.717, 1.165) is 25.1 Å². The summed E-state index contributed by atoms with van der Waals surface area (Å²) in [5.74, 6) is 0. The first-order valence-corrected chi connectivity index (χ1v) is 5.50. The molecule has 1 aromatic rings. The monoisotopic (exact) mass is 221 g/mol. The number of hydrogen-bond donors (Lipinski definition) is 3. The van der Waals surface area contributed by atoms with Crippen molar-refractivity contribution in [1.82, 2.24) is 4.90 Å². The van der Waals surface area contributed by atoms with Crippen LogP contribution in [0.5, 0.6) is 0 Å². The van der Waals surface area contributed by atoms with Gasteiger partial charge in [0.15, 0.2) is 0 Å². The molecule has 4 nitrogen and oxygen atoms in total. The maximum absolute atomic E-state index is 9.40. The fourth-order valence-corrected chi connectivity index (χ4v) is 2.07. The van der Waals surface area contributed by atoms with E-state index in [1.54, 1.807) is 12.1 Å². The Morgan fingerprint density at radius 2 is 2.19 bits per heavy atom. The lowest BCUT2D eigenvalue weighted by atomic mass is 9.79. The van der Waals surface area contributed by atoms with Gasteiger partial charge in [-0.05, 0) is 17.4 Å². The van der Waals surface area contributed by atoms with Gasteiger partial charge in [0.1, 0.15) is 0 Å². The first-order valence-electron chi connectivity index (χ1n) is 5.50. The molecule has 0 spiro atoms. The molecular weight excluding hydrogens is 205 g/mol. The van der Waals surface area contributed by atoms with Gasteiger partial charge in [-0.3, -0.25) is 4.90 Å². The molecular formula is C11H16BNO3. The van der Waals surface area contributed by atoms with Crippen LogP contribution in [0.3, 0.4) is 0 Å². The fraction of sp³-hybridized carbons (Fsp3) is 0.455. The molecule has 1 fully saturated rings. The summed E-state index contributed by atoms with van der Waals surface area (Å²) in [6, 6.07) is 7.25. The zero-order chi connectivity index (χ0) is 11.5. The number of rotatable bonds is 3. The molecule has 5 heteroatoms. The molecule has 1 atom stereocenters. The van der Waals surface area contributed by atoms with Crippen molar-refractivity contribution in [3.8, 4) is 0 Å². The first kappa shape index (κ1) is 11.6. The summed E-state index contributed by atoms with van der Waals surface area (Å²) in [5.41, 5.74) is 1.55. The lowest BCUT2D eigenvalue weighted by Crippen LogP contribution is -2.30. The highest BCUT2D eigenvalue weighted by Crippen LogP contribution is 2.12. The maximum atomic E-state index is 9.40. The maximum Gasteiger partial charge on any atom is 0.488 e. The highest BCUT2D eigenvalue weighted by Gasteiger charge is 2.20. The molecule has 0 aliphatic carbocycles. The van der Waals surface area contributed by atoms with Gasteiger partial charge in [0.05, 0.1) is 6.10 Å². The quantitative estimate of drug-likeness (QED) is 0.569. The van der Waals surface area contributed by atoms with E-state index in [9.17, 15) is 5.11 Å². The lowest BCUT2D eigenvalue weighted by molar-refractivity contribution is 0.175. The molecule has 86 valence electrons. The van der Waals surface area contributed by atoms with Crippen molar-refractivity contribution in [2.75, 3.05) is 13.1 Å². The average Bonchev–Trinajstić information content (AvgIpc) is 2.64. The van der Waals surface area contributed by atoms with Gasteiger partial charge in [0.25, 0.3) is 0 Å². The Labute approximate surface area is 95.3 Å². The Kier molecular flexibility index (Phi) is 3.61. The zero-order valence-electron chi connectivity index (χ0n) is 9.08. The molecule has 3 N–H and O–H groups in total. The summed E-state index contributed by atoms with van der Waals surface area (Å²) in [6.45, 7) is 2.34. The number of aliphatic hydroxyl groups is 1. The topological polar surface area (TPSA) is 63.9 Å². The van der Waals surface area contributed by atoms with Crippen molar-refractivity contribution in [1.29, 1.82) is 0 Å². The van der Waals surface area contributed by atoms with E-state index < -0.39 is 7.12 Å². The summed E-state index contributed by atoms with van der Waals surface area (Å²) >= 11 is 0. The minimum Gasteiger partial charge on any atom is -0.423 e. The zero-order valence-corrected chi connectivity index (χ0v) is 9.08. The Balaban J connectivity index is 2.01. The highest BCUT2D eigenvalue weighted by molar-refractivity contribution is 6.58. The van der Waals surface area contributed by atoms with Gasteiger partial charge < -0.3 is 15.2 Å². The van der Waals surface area contributed by atoms with E-state index in [2.05, 4.69) is 4.90 Å². The van der Waals surface area contributed by atoms with E-state index in [0.29, 0.717) is 12.0 Å². The van der Waals surface area contributed by atoms with Gasteiger partial charge in [0, 0.05) is 19.6 Å². The van der Waals surface area contributed by atoms with Crippen LogP contribution in [0.4, 0.5) is 0 Å². The summed E-state index contributed by atoms with van der Waals surface area (Å²) in [4.78, 5) is 2.16. The number of hydrogen-bond acceptors (Lipinski definition) is 4. The molecule has 1 aromatic carbocycles. The molecule has 0 saturated carbocycles. The Hall–Kier alpha value is -0.875. The van der Waals surface area contributed by atoms with Crippen LogP contribution in [-0.4, -0.2) is 46.4 Å². The number of aliphatic hydroxyl groups excluding tert-OH is 1. The molecule has 16 heavy (non-hydrogen) atoms. The Morgan fingerprint density at radius 3 is 2.81 bits per heavy atom. The number of nitrogens with zero attached hydrogens (tertiary/aromatic N) is 1. The van der Waals surface area contributed by atoms with Crippen LogP contribution in [0.1, 0.15) is 12.0 Å². The van der Waals surface area contributed by atoms with Gasteiger partial charge in [-0.15, -0.1) is 0 Å². The molecule has 1 heterocycles. The van der Waals surface area contributed by atoms with Crippen molar-refractivity contribution < 1.29 is 15.2 Å². The van der Waals surface area contributed by atoms with Crippen molar-refractivity contribution in [3.05, 3.63) is 29.8 Å². The van der Waals surface area contributed by atoms with Crippen molar-refractivity contribution in [2.45, 2.75) is 19.1 Å². The van der Waals surface area contributed by atoms with E-state index >= 15 is 0 Å². The molecule has 0 bridgehead atoms.